The molecule has 0 spiro atoms. The van der Waals surface area contributed by atoms with Crippen LogP contribution in [-0.4, -0.2) is 38.7 Å². The summed E-state index contributed by atoms with van der Waals surface area (Å²) < 4.78 is 15.4. The van der Waals surface area contributed by atoms with Crippen LogP contribution in [0.4, 0.5) is 4.39 Å². The van der Waals surface area contributed by atoms with Gasteiger partial charge in [0.1, 0.15) is 5.82 Å². The van der Waals surface area contributed by atoms with Crippen LogP contribution in [-0.2, 0) is 5.41 Å². The van der Waals surface area contributed by atoms with Gasteiger partial charge in [0, 0.05) is 40.9 Å². The van der Waals surface area contributed by atoms with Crippen molar-refractivity contribution in [3.8, 4) is 5.69 Å². The van der Waals surface area contributed by atoms with Crippen LogP contribution in [0.1, 0.15) is 37.3 Å². The van der Waals surface area contributed by atoms with Crippen LogP contribution in [0, 0.1) is 25.6 Å². The third-order valence-electron chi connectivity index (χ3n) is 8.12. The van der Waals surface area contributed by atoms with Gasteiger partial charge in [-0.3, -0.25) is 4.79 Å². The monoisotopic (exact) mass is 508 g/mol. The van der Waals surface area contributed by atoms with E-state index in [4.69, 9.17) is 0 Å². The third-order valence-corrected chi connectivity index (χ3v) is 9.02. The zero-order chi connectivity index (χ0) is 25.3. The molecule has 0 radical (unpaired) electrons. The van der Waals surface area contributed by atoms with E-state index in [9.17, 15) is 9.18 Å². The molecule has 37 heavy (non-hydrogen) atoms. The topological polar surface area (TPSA) is 51.0 Å². The van der Waals surface area contributed by atoms with E-state index in [2.05, 4.69) is 59.5 Å². The predicted octanol–water partition coefficient (Wildman–Crippen LogP) is 6.05. The summed E-state index contributed by atoms with van der Waals surface area (Å²) in [6, 6.07) is 21.5. The molecule has 1 amide bonds. The van der Waals surface area contributed by atoms with Gasteiger partial charge in [-0.2, -0.15) is 5.10 Å². The summed E-state index contributed by atoms with van der Waals surface area (Å²) in [5, 5.41) is 6.23. The highest BCUT2D eigenvalue weighted by atomic mass is 32.1. The molecule has 7 heteroatoms. The lowest BCUT2D eigenvalue weighted by molar-refractivity contribution is 0.0768. The van der Waals surface area contributed by atoms with Crippen LogP contribution in [0.25, 0.3) is 16.6 Å². The van der Waals surface area contributed by atoms with Crippen LogP contribution < -0.4 is 0 Å². The number of amides is 1. The Hall–Kier alpha value is -3.84. The van der Waals surface area contributed by atoms with Gasteiger partial charge in [0.25, 0.3) is 5.91 Å². The third kappa shape index (κ3) is 3.37. The molecule has 184 valence electrons. The zero-order valence-corrected chi connectivity index (χ0v) is 21.4. The lowest BCUT2D eigenvalue weighted by Crippen LogP contribution is -2.34. The summed E-state index contributed by atoms with van der Waals surface area (Å²) in [4.78, 5) is 20.8. The molecule has 3 aromatic carbocycles. The van der Waals surface area contributed by atoms with Gasteiger partial charge in [-0.15, -0.1) is 11.3 Å². The average Bonchev–Trinajstić information content (AvgIpc) is 3.32. The highest BCUT2D eigenvalue weighted by molar-refractivity contribution is 7.13. The lowest BCUT2D eigenvalue weighted by Gasteiger charge is -2.25. The second kappa shape index (κ2) is 8.08. The average molecular weight is 509 g/mol. The van der Waals surface area contributed by atoms with Crippen LogP contribution >= 0.6 is 11.3 Å². The molecule has 5 nitrogen and oxygen atoms in total. The molecule has 5 aromatic rings. The Kier molecular flexibility index (Phi) is 4.88. The van der Waals surface area contributed by atoms with E-state index in [0.29, 0.717) is 23.4 Å². The van der Waals surface area contributed by atoms with E-state index in [1.54, 1.807) is 18.3 Å². The quantitative estimate of drug-likeness (QED) is 0.297. The van der Waals surface area contributed by atoms with Crippen molar-refractivity contribution < 1.29 is 9.18 Å². The Balaban J connectivity index is 1.31. The molecule has 2 aliphatic rings. The molecule has 1 aliphatic heterocycles. The van der Waals surface area contributed by atoms with Gasteiger partial charge in [0.05, 0.1) is 17.4 Å². The first-order valence-corrected chi connectivity index (χ1v) is 13.3. The molecule has 2 fully saturated rings. The molecule has 3 heterocycles. The highest BCUT2D eigenvalue weighted by Crippen LogP contribution is 2.70. The van der Waals surface area contributed by atoms with Crippen LogP contribution in [0.3, 0.4) is 0 Å². The first-order valence-electron chi connectivity index (χ1n) is 12.5. The molecule has 1 saturated heterocycles. The number of fused-ring (bicyclic) bond motifs is 2. The Morgan fingerprint density at radius 1 is 1.05 bits per heavy atom. The van der Waals surface area contributed by atoms with E-state index >= 15 is 0 Å². The number of piperidine rings is 1. The first-order chi connectivity index (χ1) is 18.0. The number of halogens is 1. The summed E-state index contributed by atoms with van der Waals surface area (Å²) in [5.41, 5.74) is 5.46. The first kappa shape index (κ1) is 22.4. The molecular formula is C30H25FN4OS. The SMILES string of the molecule is Cc1cnc(C(=O)N2C[C@@H]3[C@@H](c4ccccc4)[C@]3(c3cc4cnn(-c5ccc(F)cc5)c4cc3C)C2)s1. The van der Waals surface area contributed by atoms with Crippen molar-refractivity contribution in [3.05, 3.63) is 112 Å². The number of carbonyl (C=O) groups excluding carboxylic acids is 1. The maximum Gasteiger partial charge on any atom is 0.282 e. The standard InChI is InChI=1S/C30H25FN4OS/c1-18-12-26-21(15-33-35(26)23-10-8-22(31)9-11-23)13-24(18)30-17-34(29(36)28-32-14-19(2)37-28)16-25(30)27(30)20-6-4-3-5-7-20/h3-15,25,27H,16-17H2,1-2H3/t25-,27-,30+/m1/s1. The maximum atomic E-state index is 13.5. The molecule has 0 bridgehead atoms. The number of benzene rings is 3. The van der Waals surface area contributed by atoms with Gasteiger partial charge in [0.15, 0.2) is 5.01 Å². The van der Waals surface area contributed by atoms with Gasteiger partial charge in [-0.05, 0) is 72.9 Å². The molecule has 1 aliphatic carbocycles. The number of aryl methyl sites for hydroxylation is 2. The second-order valence-corrected chi connectivity index (χ2v) is 11.5. The summed E-state index contributed by atoms with van der Waals surface area (Å²) in [6.45, 7) is 5.53. The number of nitrogens with zero attached hydrogens (tertiary/aromatic N) is 4. The van der Waals surface area contributed by atoms with Gasteiger partial charge >= 0.3 is 0 Å². The molecule has 0 N–H and O–H groups in total. The number of aromatic nitrogens is 3. The van der Waals surface area contributed by atoms with E-state index in [-0.39, 0.29) is 17.1 Å². The van der Waals surface area contributed by atoms with Crippen LogP contribution in [0.15, 0.2) is 79.1 Å². The number of likely N-dealkylation sites (tertiary alicyclic amines) is 1. The molecule has 1 saturated carbocycles. The Labute approximate surface area is 218 Å². The molecular weight excluding hydrogens is 483 g/mol. The van der Waals surface area contributed by atoms with Crippen LogP contribution in [0.2, 0.25) is 0 Å². The molecule has 7 rings (SSSR count). The van der Waals surface area contributed by atoms with E-state index < -0.39 is 0 Å². The van der Waals surface area contributed by atoms with E-state index in [0.717, 1.165) is 28.0 Å². The van der Waals surface area contributed by atoms with Crippen molar-refractivity contribution in [2.24, 2.45) is 5.92 Å². The summed E-state index contributed by atoms with van der Waals surface area (Å²) in [6.07, 6.45) is 3.65. The second-order valence-electron chi connectivity index (χ2n) is 10.3. The van der Waals surface area contributed by atoms with Gasteiger partial charge < -0.3 is 4.90 Å². The number of thiazole rings is 1. The molecule has 2 aromatic heterocycles. The van der Waals surface area contributed by atoms with Gasteiger partial charge in [0.2, 0.25) is 0 Å². The van der Waals surface area contributed by atoms with Crippen LogP contribution in [0.5, 0.6) is 0 Å². The number of carbonyl (C=O) groups is 1. The molecule has 3 atom stereocenters. The number of rotatable bonds is 4. The van der Waals surface area contributed by atoms with Gasteiger partial charge in [-0.25, -0.2) is 14.1 Å². The summed E-state index contributed by atoms with van der Waals surface area (Å²) in [5.74, 6) is 0.472. The highest BCUT2D eigenvalue weighted by Gasteiger charge is 2.71. The smallest absolute Gasteiger partial charge is 0.282 e. The fourth-order valence-corrected chi connectivity index (χ4v) is 7.21. The Morgan fingerprint density at radius 3 is 2.57 bits per heavy atom. The Bertz CT molecular complexity index is 1660. The van der Waals surface area contributed by atoms with Crippen molar-refractivity contribution in [1.82, 2.24) is 19.7 Å². The summed E-state index contributed by atoms with van der Waals surface area (Å²) >= 11 is 1.46. The van der Waals surface area contributed by atoms with Crippen molar-refractivity contribution in [3.63, 3.8) is 0 Å². The molecule has 0 unspecified atom stereocenters. The Morgan fingerprint density at radius 2 is 1.84 bits per heavy atom. The normalized spacial score (nSPS) is 22.4. The van der Waals surface area contributed by atoms with Crippen molar-refractivity contribution in [1.29, 1.82) is 0 Å². The van der Waals surface area contributed by atoms with Crippen molar-refractivity contribution in [2.75, 3.05) is 13.1 Å². The minimum Gasteiger partial charge on any atom is -0.335 e. The number of hydrogen-bond acceptors (Lipinski definition) is 4. The predicted molar refractivity (Wildman–Crippen MR) is 143 cm³/mol. The van der Waals surface area contributed by atoms with Crippen molar-refractivity contribution >= 4 is 28.1 Å². The minimum atomic E-state index is -0.266. The number of hydrogen-bond donors (Lipinski definition) is 0. The largest absolute Gasteiger partial charge is 0.335 e. The van der Waals surface area contributed by atoms with Crippen molar-refractivity contribution in [2.45, 2.75) is 25.2 Å². The fraction of sp³-hybridized carbons (Fsp3) is 0.233. The summed E-state index contributed by atoms with van der Waals surface area (Å²) in [7, 11) is 0. The lowest BCUT2D eigenvalue weighted by atomic mass is 9.86. The van der Waals surface area contributed by atoms with E-state index in [1.165, 1.54) is 40.2 Å². The fourth-order valence-electron chi connectivity index (χ4n) is 6.47. The van der Waals surface area contributed by atoms with E-state index in [1.807, 2.05) is 22.7 Å². The van der Waals surface area contributed by atoms with Gasteiger partial charge in [-0.1, -0.05) is 30.3 Å². The minimum absolute atomic E-state index is 0.0272. The maximum absolute atomic E-state index is 13.5. The zero-order valence-electron chi connectivity index (χ0n) is 20.6.